The molecule has 0 saturated carbocycles. The van der Waals surface area contributed by atoms with Crippen molar-refractivity contribution in [2.45, 2.75) is 6.92 Å². The van der Waals surface area contributed by atoms with Crippen molar-refractivity contribution < 1.29 is 14.3 Å². The maximum atomic E-state index is 11.5. The van der Waals surface area contributed by atoms with Crippen LogP contribution in [0, 0.1) is 6.92 Å². The van der Waals surface area contributed by atoms with E-state index in [2.05, 4.69) is 10.1 Å². The van der Waals surface area contributed by atoms with Crippen LogP contribution in [0.1, 0.15) is 15.9 Å². The molecule has 6 heteroatoms. The fourth-order valence-electron chi connectivity index (χ4n) is 2.16. The van der Waals surface area contributed by atoms with Crippen LogP contribution in [0.25, 0.3) is 17.0 Å². The SMILES string of the molecule is Cc1cc(-n2cncn2)cc(C(=O)O)c1-c1ccco1. The van der Waals surface area contributed by atoms with Gasteiger partial charge in [0.25, 0.3) is 0 Å². The number of carboxylic acids is 1. The van der Waals surface area contributed by atoms with Crippen LogP contribution in [0.15, 0.2) is 47.6 Å². The van der Waals surface area contributed by atoms with Gasteiger partial charge in [-0.15, -0.1) is 0 Å². The highest BCUT2D eigenvalue weighted by Gasteiger charge is 2.18. The van der Waals surface area contributed by atoms with E-state index in [4.69, 9.17) is 4.42 Å². The summed E-state index contributed by atoms with van der Waals surface area (Å²) >= 11 is 0. The Bertz CT molecular complexity index is 746. The molecular formula is C14H11N3O3. The summed E-state index contributed by atoms with van der Waals surface area (Å²) in [6.07, 6.45) is 4.44. The molecule has 0 saturated heterocycles. The molecule has 100 valence electrons. The fraction of sp³-hybridized carbons (Fsp3) is 0.0714. The number of carboxylic acid groups (broad SMARTS) is 1. The van der Waals surface area contributed by atoms with Crippen molar-refractivity contribution in [3.8, 4) is 17.0 Å². The predicted octanol–water partition coefficient (Wildman–Crippen LogP) is 2.53. The van der Waals surface area contributed by atoms with Gasteiger partial charge in [0.1, 0.15) is 18.4 Å². The normalized spacial score (nSPS) is 10.7. The molecule has 0 bridgehead atoms. The Morgan fingerprint density at radius 3 is 2.85 bits per heavy atom. The number of rotatable bonds is 3. The molecule has 2 heterocycles. The zero-order valence-corrected chi connectivity index (χ0v) is 10.6. The van der Waals surface area contributed by atoms with Gasteiger partial charge in [-0.05, 0) is 36.8 Å². The smallest absolute Gasteiger partial charge is 0.336 e. The van der Waals surface area contributed by atoms with Crippen molar-refractivity contribution in [1.82, 2.24) is 14.8 Å². The molecular weight excluding hydrogens is 258 g/mol. The molecule has 2 aromatic heterocycles. The molecule has 0 fully saturated rings. The summed E-state index contributed by atoms with van der Waals surface area (Å²) in [5.74, 6) is -0.480. The molecule has 0 aliphatic rings. The molecule has 1 N–H and O–H groups in total. The molecule has 6 nitrogen and oxygen atoms in total. The zero-order valence-electron chi connectivity index (χ0n) is 10.6. The van der Waals surface area contributed by atoms with E-state index in [-0.39, 0.29) is 5.56 Å². The number of furan rings is 1. The van der Waals surface area contributed by atoms with Crippen LogP contribution in [0.2, 0.25) is 0 Å². The summed E-state index contributed by atoms with van der Waals surface area (Å²) in [5, 5.41) is 13.4. The van der Waals surface area contributed by atoms with E-state index in [1.165, 1.54) is 23.6 Å². The van der Waals surface area contributed by atoms with E-state index in [0.29, 0.717) is 17.0 Å². The fourth-order valence-corrected chi connectivity index (χ4v) is 2.16. The van der Waals surface area contributed by atoms with Crippen LogP contribution in [-0.2, 0) is 0 Å². The zero-order chi connectivity index (χ0) is 14.1. The van der Waals surface area contributed by atoms with Crippen molar-refractivity contribution in [3.63, 3.8) is 0 Å². The minimum absolute atomic E-state index is 0.172. The number of aryl methyl sites for hydroxylation is 1. The number of aromatic nitrogens is 3. The monoisotopic (exact) mass is 269 g/mol. The van der Waals surface area contributed by atoms with E-state index < -0.39 is 5.97 Å². The van der Waals surface area contributed by atoms with Crippen LogP contribution in [0.5, 0.6) is 0 Å². The molecule has 0 amide bonds. The van der Waals surface area contributed by atoms with Crippen LogP contribution in [0.4, 0.5) is 0 Å². The van der Waals surface area contributed by atoms with Crippen LogP contribution >= 0.6 is 0 Å². The van der Waals surface area contributed by atoms with Gasteiger partial charge in [0.05, 0.1) is 17.5 Å². The van der Waals surface area contributed by atoms with Gasteiger partial charge in [-0.1, -0.05) is 0 Å². The van der Waals surface area contributed by atoms with Crippen LogP contribution in [-0.4, -0.2) is 25.8 Å². The first-order chi connectivity index (χ1) is 9.66. The highest BCUT2D eigenvalue weighted by molar-refractivity contribution is 5.97. The highest BCUT2D eigenvalue weighted by Crippen LogP contribution is 2.30. The molecule has 0 spiro atoms. The minimum Gasteiger partial charge on any atom is -0.478 e. The second kappa shape index (κ2) is 4.65. The lowest BCUT2D eigenvalue weighted by Gasteiger charge is -2.10. The van der Waals surface area contributed by atoms with E-state index in [0.717, 1.165) is 5.56 Å². The maximum absolute atomic E-state index is 11.5. The topological polar surface area (TPSA) is 81.2 Å². The van der Waals surface area contributed by atoms with Gasteiger partial charge >= 0.3 is 5.97 Å². The third-order valence-corrected chi connectivity index (χ3v) is 3.00. The van der Waals surface area contributed by atoms with Crippen molar-refractivity contribution in [2.75, 3.05) is 0 Å². The lowest BCUT2D eigenvalue weighted by molar-refractivity contribution is 0.0697. The van der Waals surface area contributed by atoms with Gasteiger partial charge in [-0.3, -0.25) is 0 Å². The Balaban J connectivity index is 2.24. The number of hydrogen-bond donors (Lipinski definition) is 1. The van der Waals surface area contributed by atoms with Crippen molar-refractivity contribution >= 4 is 5.97 Å². The molecule has 1 aromatic carbocycles. The Morgan fingerprint density at radius 2 is 2.25 bits per heavy atom. The molecule has 0 atom stereocenters. The molecule has 3 aromatic rings. The van der Waals surface area contributed by atoms with Crippen LogP contribution in [0.3, 0.4) is 0 Å². The molecule has 0 aliphatic heterocycles. The third-order valence-electron chi connectivity index (χ3n) is 3.00. The lowest BCUT2D eigenvalue weighted by atomic mass is 9.98. The second-order valence-electron chi connectivity index (χ2n) is 4.31. The number of hydrogen-bond acceptors (Lipinski definition) is 4. The van der Waals surface area contributed by atoms with Crippen molar-refractivity contribution in [3.05, 3.63) is 54.3 Å². The number of carbonyl (C=O) groups is 1. The number of nitrogens with zero attached hydrogens (tertiary/aromatic N) is 3. The van der Waals surface area contributed by atoms with Crippen molar-refractivity contribution in [1.29, 1.82) is 0 Å². The van der Waals surface area contributed by atoms with E-state index in [1.54, 1.807) is 18.2 Å². The molecule has 0 unspecified atom stereocenters. The number of aromatic carboxylic acids is 1. The minimum atomic E-state index is -1.01. The Morgan fingerprint density at radius 1 is 1.40 bits per heavy atom. The third kappa shape index (κ3) is 1.97. The standard InChI is InChI=1S/C14H11N3O3/c1-9-5-10(17-8-15-7-16-17)6-11(14(18)19)13(9)12-3-2-4-20-12/h2-8H,1H3,(H,18,19). The molecule has 3 rings (SSSR count). The average Bonchev–Trinajstić information content (AvgIpc) is 3.11. The highest BCUT2D eigenvalue weighted by atomic mass is 16.4. The Hall–Kier alpha value is -2.89. The van der Waals surface area contributed by atoms with Gasteiger partial charge < -0.3 is 9.52 Å². The van der Waals surface area contributed by atoms with E-state index in [9.17, 15) is 9.90 Å². The molecule has 20 heavy (non-hydrogen) atoms. The van der Waals surface area contributed by atoms with Crippen LogP contribution < -0.4 is 0 Å². The summed E-state index contributed by atoms with van der Waals surface area (Å²) in [6, 6.07) is 6.87. The van der Waals surface area contributed by atoms with Gasteiger partial charge in [0, 0.05) is 5.56 Å². The summed E-state index contributed by atoms with van der Waals surface area (Å²) < 4.78 is 6.84. The first kappa shape index (κ1) is 12.2. The van der Waals surface area contributed by atoms with Gasteiger partial charge in [0.15, 0.2) is 0 Å². The second-order valence-corrected chi connectivity index (χ2v) is 4.31. The Kier molecular flexibility index (Phi) is 2.83. The van der Waals surface area contributed by atoms with E-state index in [1.807, 2.05) is 13.0 Å². The van der Waals surface area contributed by atoms with Gasteiger partial charge in [0.2, 0.25) is 0 Å². The van der Waals surface area contributed by atoms with Gasteiger partial charge in [-0.25, -0.2) is 14.5 Å². The summed E-state index contributed by atoms with van der Waals surface area (Å²) in [6.45, 7) is 1.84. The average molecular weight is 269 g/mol. The van der Waals surface area contributed by atoms with E-state index >= 15 is 0 Å². The molecule has 0 aliphatic carbocycles. The van der Waals surface area contributed by atoms with Crippen molar-refractivity contribution in [2.24, 2.45) is 0 Å². The first-order valence-electron chi connectivity index (χ1n) is 5.93. The Labute approximate surface area is 114 Å². The number of benzene rings is 1. The lowest BCUT2D eigenvalue weighted by Crippen LogP contribution is -2.05. The largest absolute Gasteiger partial charge is 0.478 e. The summed E-state index contributed by atoms with van der Waals surface area (Å²) in [4.78, 5) is 15.4. The summed E-state index contributed by atoms with van der Waals surface area (Å²) in [5.41, 5.74) is 2.19. The summed E-state index contributed by atoms with van der Waals surface area (Å²) in [7, 11) is 0. The van der Waals surface area contributed by atoms with Gasteiger partial charge in [-0.2, -0.15) is 5.10 Å². The molecule has 0 radical (unpaired) electrons. The first-order valence-corrected chi connectivity index (χ1v) is 5.93. The predicted molar refractivity (Wildman–Crippen MR) is 70.8 cm³/mol. The quantitative estimate of drug-likeness (QED) is 0.790. The maximum Gasteiger partial charge on any atom is 0.336 e.